The van der Waals surface area contributed by atoms with Gasteiger partial charge in [0.15, 0.2) is 0 Å². The summed E-state index contributed by atoms with van der Waals surface area (Å²) >= 11 is 0. The number of hydrogen-bond acceptors (Lipinski definition) is 2. The van der Waals surface area contributed by atoms with E-state index in [9.17, 15) is 4.39 Å². The Morgan fingerprint density at radius 3 is 2.67 bits per heavy atom. The summed E-state index contributed by atoms with van der Waals surface area (Å²) < 4.78 is 12.9. The van der Waals surface area contributed by atoms with Crippen LogP contribution in [0.1, 0.15) is 38.8 Å². The van der Waals surface area contributed by atoms with Crippen molar-refractivity contribution in [2.75, 3.05) is 19.6 Å². The standard InChI is InChI=1S/C15H23FN2/c1-4-15(3)11-18(10-9-17-15)12(2)13-5-7-14(16)8-6-13/h5-8,12,17H,4,9-11H2,1-3H3. The normalized spacial score (nSPS) is 27.1. The number of nitrogens with zero attached hydrogens (tertiary/aromatic N) is 1. The number of halogens is 1. The second-order valence-electron chi connectivity index (χ2n) is 5.54. The molecule has 0 radical (unpaired) electrons. The molecule has 18 heavy (non-hydrogen) atoms. The molecule has 1 saturated heterocycles. The van der Waals surface area contributed by atoms with Crippen LogP contribution in [0.5, 0.6) is 0 Å². The lowest BCUT2D eigenvalue weighted by atomic mass is 9.94. The monoisotopic (exact) mass is 250 g/mol. The van der Waals surface area contributed by atoms with E-state index in [0.29, 0.717) is 6.04 Å². The first kappa shape index (κ1) is 13.5. The van der Waals surface area contributed by atoms with E-state index < -0.39 is 0 Å². The number of rotatable bonds is 3. The van der Waals surface area contributed by atoms with Crippen molar-refractivity contribution in [3.05, 3.63) is 35.6 Å². The van der Waals surface area contributed by atoms with Gasteiger partial charge in [-0.15, -0.1) is 0 Å². The highest BCUT2D eigenvalue weighted by Crippen LogP contribution is 2.25. The van der Waals surface area contributed by atoms with Gasteiger partial charge in [0, 0.05) is 31.2 Å². The molecule has 1 aliphatic rings. The fraction of sp³-hybridized carbons (Fsp3) is 0.600. The Hall–Kier alpha value is -0.930. The Morgan fingerprint density at radius 2 is 2.06 bits per heavy atom. The summed E-state index contributed by atoms with van der Waals surface area (Å²) in [5.41, 5.74) is 1.39. The van der Waals surface area contributed by atoms with E-state index in [1.807, 2.05) is 12.1 Å². The lowest BCUT2D eigenvalue weighted by molar-refractivity contribution is 0.105. The van der Waals surface area contributed by atoms with Gasteiger partial charge in [-0.05, 0) is 38.0 Å². The Balaban J connectivity index is 2.09. The van der Waals surface area contributed by atoms with Gasteiger partial charge in [-0.1, -0.05) is 19.1 Å². The molecule has 0 aliphatic carbocycles. The van der Waals surface area contributed by atoms with Crippen LogP contribution in [-0.2, 0) is 0 Å². The highest BCUT2D eigenvalue weighted by atomic mass is 19.1. The second-order valence-corrected chi connectivity index (χ2v) is 5.54. The molecule has 0 aromatic heterocycles. The molecule has 0 spiro atoms. The third kappa shape index (κ3) is 2.90. The molecule has 1 aromatic rings. The number of benzene rings is 1. The first-order valence-corrected chi connectivity index (χ1v) is 6.78. The molecule has 3 heteroatoms. The van der Waals surface area contributed by atoms with Gasteiger partial charge in [-0.3, -0.25) is 4.90 Å². The number of piperazine rings is 1. The highest BCUT2D eigenvalue weighted by molar-refractivity contribution is 5.19. The first-order valence-electron chi connectivity index (χ1n) is 6.78. The molecule has 2 nitrogen and oxygen atoms in total. The van der Waals surface area contributed by atoms with Gasteiger partial charge >= 0.3 is 0 Å². The lowest BCUT2D eigenvalue weighted by Gasteiger charge is -2.43. The van der Waals surface area contributed by atoms with E-state index in [2.05, 4.69) is 31.0 Å². The maximum Gasteiger partial charge on any atom is 0.123 e. The molecule has 2 atom stereocenters. The van der Waals surface area contributed by atoms with E-state index >= 15 is 0 Å². The van der Waals surface area contributed by atoms with Crippen LogP contribution in [-0.4, -0.2) is 30.1 Å². The van der Waals surface area contributed by atoms with Crippen LogP contribution in [0.3, 0.4) is 0 Å². The minimum Gasteiger partial charge on any atom is -0.309 e. The van der Waals surface area contributed by atoms with Crippen molar-refractivity contribution < 1.29 is 4.39 Å². The zero-order valence-electron chi connectivity index (χ0n) is 11.5. The Labute approximate surface area is 109 Å². The van der Waals surface area contributed by atoms with Gasteiger partial charge in [0.25, 0.3) is 0 Å². The summed E-state index contributed by atoms with van der Waals surface area (Å²) in [4.78, 5) is 2.48. The first-order chi connectivity index (χ1) is 8.54. The molecule has 1 aromatic carbocycles. The highest BCUT2D eigenvalue weighted by Gasteiger charge is 2.31. The predicted molar refractivity (Wildman–Crippen MR) is 73.1 cm³/mol. The molecule has 0 amide bonds. The summed E-state index contributed by atoms with van der Waals surface area (Å²) in [5.74, 6) is -0.162. The van der Waals surface area contributed by atoms with Crippen molar-refractivity contribution in [1.82, 2.24) is 10.2 Å². The minimum absolute atomic E-state index is 0.162. The van der Waals surface area contributed by atoms with Gasteiger partial charge in [-0.2, -0.15) is 0 Å². The van der Waals surface area contributed by atoms with Crippen molar-refractivity contribution in [3.8, 4) is 0 Å². The molecular formula is C15H23FN2. The summed E-state index contributed by atoms with van der Waals surface area (Å²) in [6.07, 6.45) is 1.12. The van der Waals surface area contributed by atoms with E-state index in [1.165, 1.54) is 5.56 Å². The molecule has 2 rings (SSSR count). The lowest BCUT2D eigenvalue weighted by Crippen LogP contribution is -2.58. The van der Waals surface area contributed by atoms with Crippen molar-refractivity contribution in [2.24, 2.45) is 0 Å². The van der Waals surface area contributed by atoms with Gasteiger partial charge in [-0.25, -0.2) is 4.39 Å². The molecular weight excluding hydrogens is 227 g/mol. The van der Waals surface area contributed by atoms with Crippen molar-refractivity contribution in [1.29, 1.82) is 0 Å². The van der Waals surface area contributed by atoms with Crippen LogP contribution in [0.25, 0.3) is 0 Å². The molecule has 1 aliphatic heterocycles. The van der Waals surface area contributed by atoms with E-state index in [0.717, 1.165) is 26.1 Å². The second kappa shape index (κ2) is 5.37. The van der Waals surface area contributed by atoms with E-state index in [-0.39, 0.29) is 11.4 Å². The summed E-state index contributed by atoms with van der Waals surface area (Å²) in [6, 6.07) is 7.23. The maximum absolute atomic E-state index is 12.9. The number of nitrogens with one attached hydrogen (secondary N) is 1. The average Bonchev–Trinajstić information content (AvgIpc) is 2.39. The fourth-order valence-electron chi connectivity index (χ4n) is 2.60. The summed E-state index contributed by atoms with van der Waals surface area (Å²) in [5, 5.41) is 3.59. The zero-order valence-corrected chi connectivity index (χ0v) is 11.5. The summed E-state index contributed by atoms with van der Waals surface area (Å²) in [7, 11) is 0. The molecule has 0 saturated carbocycles. The maximum atomic E-state index is 12.9. The smallest absolute Gasteiger partial charge is 0.123 e. The molecule has 1 fully saturated rings. The van der Waals surface area contributed by atoms with Gasteiger partial charge in [0.2, 0.25) is 0 Å². The largest absolute Gasteiger partial charge is 0.309 e. The third-order valence-electron chi connectivity index (χ3n) is 4.18. The van der Waals surface area contributed by atoms with Crippen LogP contribution in [0.4, 0.5) is 4.39 Å². The SMILES string of the molecule is CCC1(C)CN(C(C)c2ccc(F)cc2)CCN1. The topological polar surface area (TPSA) is 15.3 Å². The van der Waals surface area contributed by atoms with Crippen LogP contribution in [0.15, 0.2) is 24.3 Å². The van der Waals surface area contributed by atoms with E-state index in [4.69, 9.17) is 0 Å². The molecule has 100 valence electrons. The molecule has 1 heterocycles. The predicted octanol–water partition coefficient (Wildman–Crippen LogP) is 2.96. The quantitative estimate of drug-likeness (QED) is 0.887. The van der Waals surface area contributed by atoms with Crippen molar-refractivity contribution in [2.45, 2.75) is 38.8 Å². The molecule has 0 bridgehead atoms. The third-order valence-corrected chi connectivity index (χ3v) is 4.18. The zero-order chi connectivity index (χ0) is 13.2. The van der Waals surface area contributed by atoms with E-state index in [1.54, 1.807) is 12.1 Å². The van der Waals surface area contributed by atoms with Gasteiger partial charge < -0.3 is 5.32 Å². The van der Waals surface area contributed by atoms with Crippen molar-refractivity contribution >= 4 is 0 Å². The summed E-state index contributed by atoms with van der Waals surface area (Å²) in [6.45, 7) is 9.82. The van der Waals surface area contributed by atoms with Crippen LogP contribution >= 0.6 is 0 Å². The van der Waals surface area contributed by atoms with Crippen LogP contribution in [0, 0.1) is 5.82 Å². The Morgan fingerprint density at radius 1 is 1.39 bits per heavy atom. The molecule has 2 unspecified atom stereocenters. The van der Waals surface area contributed by atoms with Crippen molar-refractivity contribution in [3.63, 3.8) is 0 Å². The van der Waals surface area contributed by atoms with Crippen LogP contribution in [0.2, 0.25) is 0 Å². The molecule has 1 N–H and O–H groups in total. The fourth-order valence-corrected chi connectivity index (χ4v) is 2.60. The Kier molecular flexibility index (Phi) is 4.03. The van der Waals surface area contributed by atoms with Gasteiger partial charge in [0.05, 0.1) is 0 Å². The van der Waals surface area contributed by atoms with Crippen LogP contribution < -0.4 is 5.32 Å². The van der Waals surface area contributed by atoms with Gasteiger partial charge in [0.1, 0.15) is 5.82 Å². The Bertz CT molecular complexity index is 390. The average molecular weight is 250 g/mol. The minimum atomic E-state index is -0.162. The number of hydrogen-bond donors (Lipinski definition) is 1.